The molecule has 0 aromatic heterocycles. The van der Waals surface area contributed by atoms with E-state index in [2.05, 4.69) is 30.9 Å². The number of nitrogens with zero attached hydrogens (tertiary/aromatic N) is 3. The molecule has 0 saturated heterocycles. The second kappa shape index (κ2) is 8.86. The fourth-order valence-corrected chi connectivity index (χ4v) is 2.42. The fraction of sp³-hybridized carbons (Fsp3) is 0.474. The van der Waals surface area contributed by atoms with E-state index < -0.39 is 0 Å². The first-order valence-corrected chi connectivity index (χ1v) is 7.82. The van der Waals surface area contributed by atoms with Crippen molar-refractivity contribution in [1.29, 1.82) is 10.5 Å². The number of ether oxygens (including phenoxy) is 1. The van der Waals surface area contributed by atoms with E-state index in [0.29, 0.717) is 24.5 Å². The van der Waals surface area contributed by atoms with Crippen molar-refractivity contribution in [2.24, 2.45) is 5.92 Å². The number of rotatable bonds is 7. The number of hydrogen-bond acceptors (Lipinski definition) is 4. The van der Waals surface area contributed by atoms with Crippen LogP contribution in [-0.2, 0) is 0 Å². The van der Waals surface area contributed by atoms with Gasteiger partial charge in [0.1, 0.15) is 5.75 Å². The minimum atomic E-state index is 0.489. The topological polar surface area (TPSA) is 60.0 Å². The van der Waals surface area contributed by atoms with Gasteiger partial charge in [0.2, 0.25) is 0 Å². The van der Waals surface area contributed by atoms with Gasteiger partial charge in [-0.05, 0) is 37.5 Å². The molecule has 23 heavy (non-hydrogen) atoms. The highest BCUT2D eigenvalue weighted by Crippen LogP contribution is 2.32. The molecule has 1 aromatic rings. The lowest BCUT2D eigenvalue weighted by molar-refractivity contribution is 0.413. The molecule has 0 aliphatic carbocycles. The van der Waals surface area contributed by atoms with Crippen molar-refractivity contribution in [2.75, 3.05) is 25.1 Å². The summed E-state index contributed by atoms with van der Waals surface area (Å²) in [6.45, 7) is 9.64. The largest absolute Gasteiger partial charge is 0.496 e. The fourth-order valence-electron chi connectivity index (χ4n) is 2.42. The Hall–Kier alpha value is -2.46. The number of anilines is 1. The molecule has 0 bridgehead atoms. The maximum Gasteiger partial charge on any atom is 0.128 e. The SMILES string of the molecule is COc1cc(N(CCC#N)CC(C)C)ccc1C(C)=C(C)C#N. The quantitative estimate of drug-likeness (QED) is 0.701. The molecule has 0 radical (unpaired) electrons. The highest BCUT2D eigenvalue weighted by Gasteiger charge is 2.13. The Balaban J connectivity index is 3.24. The molecule has 122 valence electrons. The number of benzene rings is 1. The van der Waals surface area contributed by atoms with E-state index in [1.54, 1.807) is 14.0 Å². The molecule has 1 aromatic carbocycles. The predicted molar refractivity (Wildman–Crippen MR) is 94.2 cm³/mol. The van der Waals surface area contributed by atoms with Gasteiger partial charge in [0.05, 0.1) is 25.7 Å². The molecule has 0 spiro atoms. The third-order valence-corrected chi connectivity index (χ3v) is 3.76. The summed E-state index contributed by atoms with van der Waals surface area (Å²) >= 11 is 0. The van der Waals surface area contributed by atoms with Gasteiger partial charge in [0.25, 0.3) is 0 Å². The lowest BCUT2D eigenvalue weighted by Crippen LogP contribution is -2.28. The summed E-state index contributed by atoms with van der Waals surface area (Å²) in [7, 11) is 1.64. The smallest absolute Gasteiger partial charge is 0.128 e. The van der Waals surface area contributed by atoms with Crippen LogP contribution in [0.15, 0.2) is 23.8 Å². The summed E-state index contributed by atoms with van der Waals surface area (Å²) in [5.41, 5.74) is 3.57. The maximum atomic E-state index is 9.08. The Labute approximate surface area is 139 Å². The van der Waals surface area contributed by atoms with Crippen LogP contribution in [0, 0.1) is 28.6 Å². The summed E-state index contributed by atoms with van der Waals surface area (Å²) in [6, 6.07) is 10.4. The Morgan fingerprint density at radius 1 is 1.26 bits per heavy atom. The lowest BCUT2D eigenvalue weighted by Gasteiger charge is -2.26. The van der Waals surface area contributed by atoms with E-state index in [1.165, 1.54) is 0 Å². The molecule has 0 aliphatic rings. The summed E-state index contributed by atoms with van der Waals surface area (Å²) in [4.78, 5) is 2.20. The van der Waals surface area contributed by atoms with E-state index >= 15 is 0 Å². The Kier molecular flexibility index (Phi) is 7.16. The molecule has 4 heteroatoms. The molecule has 0 N–H and O–H groups in total. The van der Waals surface area contributed by atoms with Crippen LogP contribution < -0.4 is 9.64 Å². The zero-order valence-electron chi connectivity index (χ0n) is 14.7. The first kappa shape index (κ1) is 18.6. The molecule has 4 nitrogen and oxygen atoms in total. The number of nitriles is 2. The molecule has 0 unspecified atom stereocenters. The molecule has 0 amide bonds. The van der Waals surface area contributed by atoms with Gasteiger partial charge in [0, 0.05) is 36.0 Å². The molecule has 0 saturated carbocycles. The number of hydrogen-bond donors (Lipinski definition) is 0. The average Bonchev–Trinajstić information content (AvgIpc) is 2.56. The molecule has 0 aliphatic heterocycles. The normalized spacial score (nSPS) is 11.5. The standard InChI is InChI=1S/C19H25N3O/c1-14(2)13-22(10-6-9-20)17-7-8-18(19(11-17)23-5)16(4)15(3)12-21/h7-8,11,14H,6,10,13H2,1-5H3. The van der Waals surface area contributed by atoms with Crippen LogP contribution in [0.2, 0.25) is 0 Å². The molecule has 0 atom stereocenters. The predicted octanol–water partition coefficient (Wildman–Crippen LogP) is 4.39. The van der Waals surface area contributed by atoms with E-state index in [0.717, 1.165) is 29.1 Å². The summed E-state index contributed by atoms with van der Waals surface area (Å²) in [5.74, 6) is 1.25. The van der Waals surface area contributed by atoms with E-state index in [-0.39, 0.29) is 0 Å². The molecule has 0 fully saturated rings. The Bertz CT molecular complexity index is 648. The maximum absolute atomic E-state index is 9.08. The van der Waals surface area contributed by atoms with Crippen molar-refractivity contribution >= 4 is 11.3 Å². The van der Waals surface area contributed by atoms with Gasteiger partial charge >= 0.3 is 0 Å². The van der Waals surface area contributed by atoms with Crippen molar-refractivity contribution in [2.45, 2.75) is 34.1 Å². The number of allylic oxidation sites excluding steroid dienone is 2. The van der Waals surface area contributed by atoms with Gasteiger partial charge in [-0.2, -0.15) is 10.5 Å². The van der Waals surface area contributed by atoms with Crippen LogP contribution in [0.25, 0.3) is 5.57 Å². The van der Waals surface area contributed by atoms with E-state index in [4.69, 9.17) is 15.3 Å². The Morgan fingerprint density at radius 3 is 2.48 bits per heavy atom. The van der Waals surface area contributed by atoms with Crippen molar-refractivity contribution < 1.29 is 4.74 Å². The van der Waals surface area contributed by atoms with Crippen molar-refractivity contribution in [3.8, 4) is 17.9 Å². The first-order chi connectivity index (χ1) is 10.9. The second-order valence-electron chi connectivity index (χ2n) is 5.99. The van der Waals surface area contributed by atoms with Crippen LogP contribution in [0.1, 0.15) is 39.7 Å². The summed E-state index contributed by atoms with van der Waals surface area (Å²) in [5, 5.41) is 17.9. The van der Waals surface area contributed by atoms with Gasteiger partial charge < -0.3 is 9.64 Å². The highest BCUT2D eigenvalue weighted by atomic mass is 16.5. The summed E-state index contributed by atoms with van der Waals surface area (Å²) in [6.07, 6.45) is 0.489. The first-order valence-electron chi connectivity index (χ1n) is 7.82. The van der Waals surface area contributed by atoms with Crippen molar-refractivity contribution in [3.05, 3.63) is 29.3 Å². The van der Waals surface area contributed by atoms with Crippen LogP contribution in [0.5, 0.6) is 5.75 Å². The zero-order chi connectivity index (χ0) is 17.4. The van der Waals surface area contributed by atoms with Gasteiger partial charge in [-0.15, -0.1) is 0 Å². The molecule has 0 heterocycles. The third kappa shape index (κ3) is 5.04. The molecular formula is C19H25N3O. The third-order valence-electron chi connectivity index (χ3n) is 3.76. The second-order valence-corrected chi connectivity index (χ2v) is 5.99. The molecular weight excluding hydrogens is 286 g/mol. The van der Waals surface area contributed by atoms with Gasteiger partial charge in [-0.3, -0.25) is 0 Å². The zero-order valence-corrected chi connectivity index (χ0v) is 14.7. The molecule has 1 rings (SSSR count). The van der Waals surface area contributed by atoms with Crippen LogP contribution in [-0.4, -0.2) is 20.2 Å². The van der Waals surface area contributed by atoms with Gasteiger partial charge in [-0.1, -0.05) is 13.8 Å². The monoisotopic (exact) mass is 311 g/mol. The van der Waals surface area contributed by atoms with E-state index in [9.17, 15) is 0 Å². The highest BCUT2D eigenvalue weighted by molar-refractivity contribution is 5.75. The van der Waals surface area contributed by atoms with Crippen molar-refractivity contribution in [1.82, 2.24) is 0 Å². The van der Waals surface area contributed by atoms with Crippen molar-refractivity contribution in [3.63, 3.8) is 0 Å². The summed E-state index contributed by atoms with van der Waals surface area (Å²) < 4.78 is 5.53. The Morgan fingerprint density at radius 2 is 1.96 bits per heavy atom. The minimum Gasteiger partial charge on any atom is -0.496 e. The lowest BCUT2D eigenvalue weighted by atomic mass is 10.0. The minimum absolute atomic E-state index is 0.489. The van der Waals surface area contributed by atoms with E-state index in [1.807, 2.05) is 25.1 Å². The van der Waals surface area contributed by atoms with Crippen LogP contribution in [0.4, 0.5) is 5.69 Å². The van der Waals surface area contributed by atoms with Gasteiger partial charge in [0.15, 0.2) is 0 Å². The van der Waals surface area contributed by atoms with Gasteiger partial charge in [-0.25, -0.2) is 0 Å². The number of methoxy groups -OCH3 is 1. The van der Waals surface area contributed by atoms with Crippen LogP contribution in [0.3, 0.4) is 0 Å². The average molecular weight is 311 g/mol. The van der Waals surface area contributed by atoms with Crippen LogP contribution >= 0.6 is 0 Å².